The van der Waals surface area contributed by atoms with Gasteiger partial charge < -0.3 is 33.5 Å². The first-order chi connectivity index (χ1) is 11.9. The molecule has 25 heavy (non-hydrogen) atoms. The van der Waals surface area contributed by atoms with Crippen molar-refractivity contribution in [2.45, 2.75) is 56.6 Å². The molecule has 2 saturated heterocycles. The maximum Gasteiger partial charge on any atom is 0.220 e. The fraction of sp³-hybridized carbons (Fsp3) is 0.667. The summed E-state index contributed by atoms with van der Waals surface area (Å²) in [6.07, 6.45) is -2.84. The van der Waals surface area contributed by atoms with Gasteiger partial charge in [-0.2, -0.15) is 0 Å². The number of hydrogen-bond acceptors (Lipinski definition) is 7. The molecule has 2 fully saturated rings. The second kappa shape index (κ2) is 7.28. The number of aliphatic hydroxyl groups excluding tert-OH is 1. The molecule has 1 N–H and O–H groups in total. The number of fused-ring (bicyclic) bond motifs is 1. The molecule has 0 unspecified atom stereocenters. The minimum atomic E-state index is -1.18. The van der Waals surface area contributed by atoms with Crippen LogP contribution in [0.2, 0.25) is 0 Å². The van der Waals surface area contributed by atoms with Crippen LogP contribution in [0, 0.1) is 0 Å². The maximum atomic E-state index is 10.3. The van der Waals surface area contributed by atoms with Gasteiger partial charge in [0.05, 0.1) is 13.2 Å². The molecule has 1 aromatic carbocycles. The monoisotopic (exact) mass is 354 g/mol. The first kappa shape index (κ1) is 18.7. The third-order valence-electron chi connectivity index (χ3n) is 4.99. The number of ether oxygens (including phenoxy) is 6. The average Bonchev–Trinajstić information content (AvgIpc) is 2.64. The molecular formula is C18H26O7. The van der Waals surface area contributed by atoms with E-state index in [2.05, 4.69) is 0 Å². The van der Waals surface area contributed by atoms with Crippen LogP contribution in [-0.4, -0.2) is 62.1 Å². The van der Waals surface area contributed by atoms with Crippen LogP contribution in [0.25, 0.3) is 0 Å². The maximum absolute atomic E-state index is 10.3. The van der Waals surface area contributed by atoms with Crippen LogP contribution in [0.3, 0.4) is 0 Å². The lowest BCUT2D eigenvalue weighted by atomic mass is 9.98. The van der Waals surface area contributed by atoms with Gasteiger partial charge in [-0.3, -0.25) is 0 Å². The van der Waals surface area contributed by atoms with E-state index in [-0.39, 0.29) is 6.61 Å². The highest BCUT2D eigenvalue weighted by atomic mass is 16.8. The fourth-order valence-electron chi connectivity index (χ4n) is 3.12. The standard InChI is InChI=1S/C18H26O7/c1-17(20-3)18(2,21-4)25-15-14(24-17)13(19)11-23-16(15)22-10-12-8-6-5-7-9-12/h5-9,13-16,19H,10-11H2,1-4H3/t13-,14-,15+,16+,17+,18+/m1/s1. The Morgan fingerprint density at radius 1 is 1.04 bits per heavy atom. The van der Waals surface area contributed by atoms with Crippen molar-refractivity contribution in [1.82, 2.24) is 0 Å². The molecule has 1 aromatic rings. The summed E-state index contributed by atoms with van der Waals surface area (Å²) in [5.74, 6) is -2.36. The van der Waals surface area contributed by atoms with Crippen molar-refractivity contribution >= 4 is 0 Å². The number of aliphatic hydroxyl groups is 1. The summed E-state index contributed by atoms with van der Waals surface area (Å²) in [6, 6.07) is 9.77. The highest BCUT2D eigenvalue weighted by Crippen LogP contribution is 2.42. The molecule has 6 atom stereocenters. The SMILES string of the molecule is CO[C@@]1(C)O[C@@H]2[C@@H](OCc3ccccc3)OC[C@@H](O)[C@H]2O[C@]1(C)OC. The van der Waals surface area contributed by atoms with E-state index < -0.39 is 36.2 Å². The molecule has 3 rings (SSSR count). The van der Waals surface area contributed by atoms with Crippen molar-refractivity contribution in [3.8, 4) is 0 Å². The molecule has 0 amide bonds. The summed E-state index contributed by atoms with van der Waals surface area (Å²) in [4.78, 5) is 0. The van der Waals surface area contributed by atoms with Crippen molar-refractivity contribution in [1.29, 1.82) is 0 Å². The van der Waals surface area contributed by atoms with Crippen molar-refractivity contribution in [2.24, 2.45) is 0 Å². The van der Waals surface area contributed by atoms with E-state index in [1.165, 1.54) is 14.2 Å². The van der Waals surface area contributed by atoms with E-state index in [1.54, 1.807) is 13.8 Å². The third kappa shape index (κ3) is 3.46. The Bertz CT molecular complexity index is 568. The Kier molecular flexibility index (Phi) is 5.45. The fourth-order valence-corrected chi connectivity index (χ4v) is 3.12. The Hall–Kier alpha value is -1.06. The number of methoxy groups -OCH3 is 2. The summed E-state index contributed by atoms with van der Waals surface area (Å²) in [7, 11) is 3.02. The van der Waals surface area contributed by atoms with Gasteiger partial charge in [-0.1, -0.05) is 30.3 Å². The van der Waals surface area contributed by atoms with Gasteiger partial charge in [-0.05, 0) is 19.4 Å². The van der Waals surface area contributed by atoms with Crippen molar-refractivity contribution in [2.75, 3.05) is 20.8 Å². The van der Waals surface area contributed by atoms with Gasteiger partial charge in [0, 0.05) is 14.2 Å². The Labute approximate surface area is 147 Å². The van der Waals surface area contributed by atoms with Gasteiger partial charge >= 0.3 is 0 Å². The highest BCUT2D eigenvalue weighted by molar-refractivity contribution is 5.13. The quantitative estimate of drug-likeness (QED) is 0.857. The smallest absolute Gasteiger partial charge is 0.220 e. The normalized spacial score (nSPS) is 41.3. The van der Waals surface area contributed by atoms with Crippen molar-refractivity contribution in [3.05, 3.63) is 35.9 Å². The van der Waals surface area contributed by atoms with Crippen molar-refractivity contribution in [3.63, 3.8) is 0 Å². The topological polar surface area (TPSA) is 75.6 Å². The Morgan fingerprint density at radius 2 is 1.64 bits per heavy atom. The molecule has 2 aliphatic heterocycles. The first-order valence-electron chi connectivity index (χ1n) is 8.33. The van der Waals surface area contributed by atoms with Crippen LogP contribution in [0.1, 0.15) is 19.4 Å². The molecule has 0 spiro atoms. The zero-order valence-corrected chi connectivity index (χ0v) is 15.0. The van der Waals surface area contributed by atoms with Gasteiger partial charge in [0.25, 0.3) is 0 Å². The summed E-state index contributed by atoms with van der Waals surface area (Å²) in [6.45, 7) is 3.89. The zero-order valence-electron chi connectivity index (χ0n) is 15.0. The van der Waals surface area contributed by atoms with E-state index in [0.29, 0.717) is 6.61 Å². The lowest BCUT2D eigenvalue weighted by Crippen LogP contribution is -2.71. The van der Waals surface area contributed by atoms with Crippen LogP contribution >= 0.6 is 0 Å². The minimum absolute atomic E-state index is 0.0907. The molecule has 7 heteroatoms. The second-order valence-corrected chi connectivity index (χ2v) is 6.53. The van der Waals surface area contributed by atoms with Gasteiger partial charge in [0.1, 0.15) is 18.3 Å². The van der Waals surface area contributed by atoms with E-state index in [0.717, 1.165) is 5.56 Å². The van der Waals surface area contributed by atoms with Crippen LogP contribution in [0.4, 0.5) is 0 Å². The molecule has 0 radical (unpaired) electrons. The lowest BCUT2D eigenvalue weighted by molar-refractivity contribution is -0.479. The van der Waals surface area contributed by atoms with Crippen molar-refractivity contribution < 1.29 is 33.5 Å². The van der Waals surface area contributed by atoms with Gasteiger partial charge in [0.15, 0.2) is 6.29 Å². The Morgan fingerprint density at radius 3 is 2.24 bits per heavy atom. The molecule has 0 aliphatic carbocycles. The minimum Gasteiger partial charge on any atom is -0.388 e. The molecule has 2 heterocycles. The predicted molar refractivity (Wildman–Crippen MR) is 87.6 cm³/mol. The summed E-state index contributed by atoms with van der Waals surface area (Å²) in [5, 5.41) is 10.3. The van der Waals surface area contributed by atoms with Gasteiger partial charge in [-0.15, -0.1) is 0 Å². The first-order valence-corrected chi connectivity index (χ1v) is 8.33. The molecule has 0 aromatic heterocycles. The van der Waals surface area contributed by atoms with Crippen LogP contribution in [0.15, 0.2) is 30.3 Å². The number of rotatable bonds is 5. The third-order valence-corrected chi connectivity index (χ3v) is 4.99. The van der Waals surface area contributed by atoms with Gasteiger partial charge in [0.2, 0.25) is 11.6 Å². The second-order valence-electron chi connectivity index (χ2n) is 6.53. The zero-order chi connectivity index (χ0) is 18.1. The van der Waals surface area contributed by atoms with Crippen LogP contribution in [-0.2, 0) is 35.0 Å². The summed E-state index contributed by atoms with van der Waals surface area (Å²) >= 11 is 0. The average molecular weight is 354 g/mol. The number of benzene rings is 1. The van der Waals surface area contributed by atoms with E-state index in [1.807, 2.05) is 30.3 Å². The van der Waals surface area contributed by atoms with E-state index >= 15 is 0 Å². The van der Waals surface area contributed by atoms with E-state index in [9.17, 15) is 5.11 Å². The molecule has 0 saturated carbocycles. The van der Waals surface area contributed by atoms with E-state index in [4.69, 9.17) is 28.4 Å². The van der Waals surface area contributed by atoms with Crippen LogP contribution in [0.5, 0.6) is 0 Å². The number of hydrogen-bond donors (Lipinski definition) is 1. The van der Waals surface area contributed by atoms with Gasteiger partial charge in [-0.25, -0.2) is 0 Å². The highest BCUT2D eigenvalue weighted by Gasteiger charge is 2.61. The molecule has 140 valence electrons. The summed E-state index contributed by atoms with van der Waals surface area (Å²) < 4.78 is 34.7. The molecule has 2 aliphatic rings. The van der Waals surface area contributed by atoms with Crippen LogP contribution < -0.4 is 0 Å². The molecule has 0 bridgehead atoms. The molecule has 7 nitrogen and oxygen atoms in total. The predicted octanol–water partition coefficient (Wildman–Crippen LogP) is 1.43. The lowest BCUT2D eigenvalue weighted by Gasteiger charge is -2.55. The molecular weight excluding hydrogens is 328 g/mol. The summed E-state index contributed by atoms with van der Waals surface area (Å²) in [5.41, 5.74) is 1.02. The Balaban J connectivity index is 1.77. The largest absolute Gasteiger partial charge is 0.388 e.